The van der Waals surface area contributed by atoms with Crippen LogP contribution in [0.1, 0.15) is 46.0 Å². The maximum Gasteiger partial charge on any atom is 0.309 e. The van der Waals surface area contributed by atoms with Gasteiger partial charge in [0, 0.05) is 6.04 Å². The lowest BCUT2D eigenvalue weighted by Gasteiger charge is -2.40. The van der Waals surface area contributed by atoms with Crippen LogP contribution >= 0.6 is 0 Å². The highest BCUT2D eigenvalue weighted by Crippen LogP contribution is 2.36. The minimum absolute atomic E-state index is 0.474. The molecule has 0 bridgehead atoms. The predicted octanol–water partition coefficient (Wildman–Crippen LogP) is 2.36. The van der Waals surface area contributed by atoms with E-state index in [9.17, 15) is 9.90 Å². The van der Waals surface area contributed by atoms with E-state index in [0.717, 1.165) is 37.9 Å². The fourth-order valence-electron chi connectivity index (χ4n) is 3.23. The molecule has 2 aliphatic rings. The molecule has 0 amide bonds. The molecule has 3 nitrogen and oxygen atoms in total. The van der Waals surface area contributed by atoms with Crippen LogP contribution in [0.4, 0.5) is 0 Å². The lowest BCUT2D eigenvalue weighted by Crippen LogP contribution is -2.47. The van der Waals surface area contributed by atoms with Crippen molar-refractivity contribution < 1.29 is 9.90 Å². The number of piperidine rings is 1. The molecule has 1 saturated heterocycles. The number of hydrogen-bond acceptors (Lipinski definition) is 2. The second-order valence-corrected chi connectivity index (χ2v) is 5.88. The molecule has 1 aliphatic heterocycles. The van der Waals surface area contributed by atoms with E-state index in [1.165, 1.54) is 19.3 Å². The Morgan fingerprint density at radius 3 is 2.38 bits per heavy atom. The van der Waals surface area contributed by atoms with Crippen LogP contribution in [-0.2, 0) is 4.79 Å². The maximum atomic E-state index is 11.1. The third-order valence-electron chi connectivity index (χ3n) is 4.70. The van der Waals surface area contributed by atoms with E-state index in [1.807, 2.05) is 6.92 Å². The SMILES string of the molecule is CC1CCCC1N1CCC(C)(C(=O)O)CC1. The van der Waals surface area contributed by atoms with Crippen LogP contribution in [0.3, 0.4) is 0 Å². The van der Waals surface area contributed by atoms with Crippen LogP contribution in [-0.4, -0.2) is 35.1 Å². The molecule has 2 fully saturated rings. The summed E-state index contributed by atoms with van der Waals surface area (Å²) >= 11 is 0. The van der Waals surface area contributed by atoms with Crippen molar-refractivity contribution in [2.24, 2.45) is 11.3 Å². The average molecular weight is 225 g/mol. The van der Waals surface area contributed by atoms with E-state index in [1.54, 1.807) is 0 Å². The highest BCUT2D eigenvalue weighted by molar-refractivity contribution is 5.74. The van der Waals surface area contributed by atoms with E-state index in [4.69, 9.17) is 0 Å². The molecule has 0 aromatic rings. The van der Waals surface area contributed by atoms with E-state index in [0.29, 0.717) is 0 Å². The number of carbonyl (C=O) groups is 1. The van der Waals surface area contributed by atoms with Gasteiger partial charge in [-0.2, -0.15) is 0 Å². The van der Waals surface area contributed by atoms with Gasteiger partial charge in [-0.05, 0) is 51.6 Å². The van der Waals surface area contributed by atoms with Crippen molar-refractivity contribution in [2.75, 3.05) is 13.1 Å². The first-order chi connectivity index (χ1) is 7.53. The molecule has 0 radical (unpaired) electrons. The first kappa shape index (κ1) is 11.9. The summed E-state index contributed by atoms with van der Waals surface area (Å²) < 4.78 is 0. The molecule has 2 atom stereocenters. The third-order valence-corrected chi connectivity index (χ3v) is 4.70. The van der Waals surface area contributed by atoms with E-state index in [-0.39, 0.29) is 0 Å². The highest BCUT2D eigenvalue weighted by Gasteiger charge is 2.40. The molecule has 2 rings (SSSR count). The fraction of sp³-hybridized carbons (Fsp3) is 0.923. The van der Waals surface area contributed by atoms with Gasteiger partial charge in [-0.3, -0.25) is 4.79 Å². The Hall–Kier alpha value is -0.570. The molecule has 3 heteroatoms. The number of rotatable bonds is 2. The van der Waals surface area contributed by atoms with Crippen LogP contribution in [0.15, 0.2) is 0 Å². The van der Waals surface area contributed by atoms with Crippen molar-refractivity contribution in [1.82, 2.24) is 4.90 Å². The zero-order valence-corrected chi connectivity index (χ0v) is 10.4. The summed E-state index contributed by atoms with van der Waals surface area (Å²) in [7, 11) is 0. The summed E-state index contributed by atoms with van der Waals surface area (Å²) in [5, 5.41) is 9.18. The highest BCUT2D eigenvalue weighted by atomic mass is 16.4. The number of likely N-dealkylation sites (tertiary alicyclic amines) is 1. The fourth-order valence-corrected chi connectivity index (χ4v) is 3.23. The molecular formula is C13H23NO2. The summed E-state index contributed by atoms with van der Waals surface area (Å²) in [6.45, 7) is 6.17. The molecular weight excluding hydrogens is 202 g/mol. The second-order valence-electron chi connectivity index (χ2n) is 5.88. The lowest BCUT2D eigenvalue weighted by atomic mass is 9.80. The molecule has 1 heterocycles. The Kier molecular flexibility index (Phi) is 3.24. The molecule has 0 aromatic carbocycles. The van der Waals surface area contributed by atoms with Crippen LogP contribution in [0.5, 0.6) is 0 Å². The van der Waals surface area contributed by atoms with Crippen molar-refractivity contribution in [2.45, 2.75) is 52.0 Å². The summed E-state index contributed by atoms with van der Waals surface area (Å²) in [5.41, 5.74) is -0.474. The molecule has 2 unspecified atom stereocenters. The molecule has 92 valence electrons. The Balaban J connectivity index is 1.92. The zero-order chi connectivity index (χ0) is 11.8. The predicted molar refractivity (Wildman–Crippen MR) is 63.4 cm³/mol. The number of carboxylic acid groups (broad SMARTS) is 1. The minimum atomic E-state index is -0.619. The van der Waals surface area contributed by atoms with Crippen LogP contribution in [0, 0.1) is 11.3 Å². The number of aliphatic carboxylic acids is 1. The van der Waals surface area contributed by atoms with E-state index >= 15 is 0 Å². The van der Waals surface area contributed by atoms with Crippen LogP contribution in [0.25, 0.3) is 0 Å². The second kappa shape index (κ2) is 4.36. The molecule has 0 aromatic heterocycles. The Morgan fingerprint density at radius 2 is 1.94 bits per heavy atom. The summed E-state index contributed by atoms with van der Waals surface area (Å²) in [6.07, 6.45) is 5.62. The largest absolute Gasteiger partial charge is 0.481 e. The number of carboxylic acids is 1. The first-order valence-corrected chi connectivity index (χ1v) is 6.50. The Bertz CT molecular complexity index is 269. The normalized spacial score (nSPS) is 35.1. The quantitative estimate of drug-likeness (QED) is 0.784. The van der Waals surface area contributed by atoms with Gasteiger partial charge in [-0.15, -0.1) is 0 Å². The van der Waals surface area contributed by atoms with Crippen molar-refractivity contribution in [1.29, 1.82) is 0 Å². The van der Waals surface area contributed by atoms with Gasteiger partial charge in [0.1, 0.15) is 0 Å². The van der Waals surface area contributed by atoms with Gasteiger partial charge in [-0.25, -0.2) is 0 Å². The first-order valence-electron chi connectivity index (χ1n) is 6.50. The standard InChI is InChI=1S/C13H23NO2/c1-10-4-3-5-11(10)14-8-6-13(2,7-9-14)12(15)16/h10-11H,3-9H2,1-2H3,(H,15,16). The van der Waals surface area contributed by atoms with Crippen molar-refractivity contribution in [3.8, 4) is 0 Å². The number of nitrogens with zero attached hydrogens (tertiary/aromatic N) is 1. The van der Waals surface area contributed by atoms with Crippen molar-refractivity contribution in [3.05, 3.63) is 0 Å². The topological polar surface area (TPSA) is 40.5 Å². The van der Waals surface area contributed by atoms with E-state index < -0.39 is 11.4 Å². The van der Waals surface area contributed by atoms with Gasteiger partial charge >= 0.3 is 5.97 Å². The summed E-state index contributed by atoms with van der Waals surface area (Å²) in [5.74, 6) is 0.181. The van der Waals surface area contributed by atoms with Crippen molar-refractivity contribution in [3.63, 3.8) is 0 Å². The molecule has 1 N–H and O–H groups in total. The van der Waals surface area contributed by atoms with E-state index in [2.05, 4.69) is 11.8 Å². The van der Waals surface area contributed by atoms with Gasteiger partial charge in [0.2, 0.25) is 0 Å². The molecule has 0 spiro atoms. The monoisotopic (exact) mass is 225 g/mol. The minimum Gasteiger partial charge on any atom is -0.481 e. The third kappa shape index (κ3) is 2.10. The van der Waals surface area contributed by atoms with Gasteiger partial charge in [0.25, 0.3) is 0 Å². The van der Waals surface area contributed by atoms with Gasteiger partial charge in [0.05, 0.1) is 5.41 Å². The average Bonchev–Trinajstić information content (AvgIpc) is 2.66. The zero-order valence-electron chi connectivity index (χ0n) is 10.4. The van der Waals surface area contributed by atoms with Gasteiger partial charge < -0.3 is 10.0 Å². The Labute approximate surface area is 97.8 Å². The summed E-state index contributed by atoms with van der Waals surface area (Å²) in [6, 6.07) is 0.721. The number of hydrogen-bond donors (Lipinski definition) is 1. The van der Waals surface area contributed by atoms with Crippen LogP contribution in [0.2, 0.25) is 0 Å². The molecule has 1 aliphatic carbocycles. The molecule has 1 saturated carbocycles. The lowest BCUT2D eigenvalue weighted by molar-refractivity contribution is -0.151. The Morgan fingerprint density at radius 1 is 1.31 bits per heavy atom. The summed E-state index contributed by atoms with van der Waals surface area (Å²) in [4.78, 5) is 13.7. The van der Waals surface area contributed by atoms with Crippen LogP contribution < -0.4 is 0 Å². The van der Waals surface area contributed by atoms with Crippen molar-refractivity contribution >= 4 is 5.97 Å². The van der Waals surface area contributed by atoms with Gasteiger partial charge in [0.15, 0.2) is 0 Å². The molecule has 16 heavy (non-hydrogen) atoms. The maximum absolute atomic E-state index is 11.1. The van der Waals surface area contributed by atoms with Gasteiger partial charge in [-0.1, -0.05) is 13.3 Å². The smallest absolute Gasteiger partial charge is 0.309 e.